The normalized spacial score (nSPS) is 41.1. The third-order valence-corrected chi connectivity index (χ3v) is 6.91. The molecule has 0 aromatic carbocycles. The van der Waals surface area contributed by atoms with E-state index in [4.69, 9.17) is 9.47 Å². The first kappa shape index (κ1) is 18.2. The van der Waals surface area contributed by atoms with Crippen molar-refractivity contribution in [2.24, 2.45) is 17.3 Å². The summed E-state index contributed by atoms with van der Waals surface area (Å²) < 4.78 is 11.5. The lowest BCUT2D eigenvalue weighted by Crippen LogP contribution is -2.58. The van der Waals surface area contributed by atoms with Gasteiger partial charge in [0.05, 0.1) is 6.10 Å². The summed E-state index contributed by atoms with van der Waals surface area (Å²) in [4.78, 5) is 24.7. The van der Waals surface area contributed by atoms with Crippen molar-refractivity contribution < 1.29 is 24.2 Å². The summed E-state index contributed by atoms with van der Waals surface area (Å²) in [6.07, 6.45) is 2.75. The van der Waals surface area contributed by atoms with Crippen molar-refractivity contribution in [3.63, 3.8) is 0 Å². The molecule has 0 aromatic rings. The zero-order valence-electron chi connectivity index (χ0n) is 15.7. The highest BCUT2D eigenvalue weighted by atomic mass is 16.6. The van der Waals surface area contributed by atoms with Gasteiger partial charge in [-0.3, -0.25) is 0 Å². The molecule has 0 saturated heterocycles. The van der Waals surface area contributed by atoms with Gasteiger partial charge in [0.1, 0.15) is 12.2 Å². The van der Waals surface area contributed by atoms with Gasteiger partial charge in [-0.05, 0) is 51.9 Å². The SMILES string of the molecule is C/C=C(/C)C(=O)O[C@@H]1C2=C(C)C(=O)O[C@@H]2C[C@H]2CC[C@H](O)[C@H](C)[C@]21C. The third-order valence-electron chi connectivity index (χ3n) is 6.91. The first-order chi connectivity index (χ1) is 11.7. The molecule has 5 nitrogen and oxygen atoms in total. The molecule has 0 aromatic heterocycles. The van der Waals surface area contributed by atoms with Gasteiger partial charge < -0.3 is 14.6 Å². The molecule has 1 N–H and O–H groups in total. The summed E-state index contributed by atoms with van der Waals surface area (Å²) in [6, 6.07) is 0. The monoisotopic (exact) mass is 348 g/mol. The van der Waals surface area contributed by atoms with E-state index in [1.807, 2.05) is 6.92 Å². The molecule has 0 unspecified atom stereocenters. The minimum absolute atomic E-state index is 0.0353. The molecular weight excluding hydrogens is 320 g/mol. The Morgan fingerprint density at radius 2 is 2.08 bits per heavy atom. The molecule has 5 heteroatoms. The molecule has 6 atom stereocenters. The molecule has 3 aliphatic rings. The van der Waals surface area contributed by atoms with Crippen molar-refractivity contribution >= 4 is 11.9 Å². The molecule has 0 amide bonds. The molecule has 25 heavy (non-hydrogen) atoms. The van der Waals surface area contributed by atoms with Crippen molar-refractivity contribution in [3.8, 4) is 0 Å². The van der Waals surface area contributed by atoms with Crippen LogP contribution >= 0.6 is 0 Å². The predicted octanol–water partition coefficient (Wildman–Crippen LogP) is 2.92. The zero-order chi connectivity index (χ0) is 18.5. The number of aliphatic hydroxyl groups excluding tert-OH is 1. The maximum atomic E-state index is 12.5. The van der Waals surface area contributed by atoms with Crippen molar-refractivity contribution in [2.45, 2.75) is 72.2 Å². The van der Waals surface area contributed by atoms with E-state index >= 15 is 0 Å². The molecule has 2 saturated carbocycles. The highest BCUT2D eigenvalue weighted by molar-refractivity contribution is 5.93. The number of aliphatic hydroxyl groups is 1. The second-order valence-electron chi connectivity index (χ2n) is 7.96. The quantitative estimate of drug-likeness (QED) is 0.613. The van der Waals surface area contributed by atoms with E-state index in [-0.39, 0.29) is 29.9 Å². The number of carbonyl (C=O) groups is 2. The van der Waals surface area contributed by atoms with E-state index in [2.05, 4.69) is 6.92 Å². The van der Waals surface area contributed by atoms with Crippen molar-refractivity contribution in [3.05, 3.63) is 22.8 Å². The summed E-state index contributed by atoms with van der Waals surface area (Å²) in [7, 11) is 0. The van der Waals surface area contributed by atoms with Crippen LogP contribution in [0.3, 0.4) is 0 Å². The van der Waals surface area contributed by atoms with Crippen molar-refractivity contribution in [2.75, 3.05) is 0 Å². The van der Waals surface area contributed by atoms with Gasteiger partial charge in [-0.15, -0.1) is 0 Å². The Balaban J connectivity index is 2.08. The summed E-state index contributed by atoms with van der Waals surface area (Å²) in [5.74, 6) is -0.492. The maximum Gasteiger partial charge on any atom is 0.334 e. The van der Waals surface area contributed by atoms with E-state index in [0.717, 1.165) is 24.8 Å². The summed E-state index contributed by atoms with van der Waals surface area (Å²) >= 11 is 0. The minimum atomic E-state index is -0.546. The second-order valence-corrected chi connectivity index (χ2v) is 7.96. The van der Waals surface area contributed by atoms with E-state index in [0.29, 0.717) is 11.1 Å². The largest absolute Gasteiger partial charge is 0.454 e. The summed E-state index contributed by atoms with van der Waals surface area (Å²) in [6.45, 7) is 9.37. The molecule has 0 bridgehead atoms. The van der Waals surface area contributed by atoms with Gasteiger partial charge in [0, 0.05) is 22.1 Å². The van der Waals surface area contributed by atoms with Gasteiger partial charge in [-0.1, -0.05) is 19.9 Å². The Morgan fingerprint density at radius 3 is 2.72 bits per heavy atom. The van der Waals surface area contributed by atoms with Gasteiger partial charge >= 0.3 is 11.9 Å². The Hall–Kier alpha value is -1.62. The average molecular weight is 348 g/mol. The van der Waals surface area contributed by atoms with Gasteiger partial charge in [0.15, 0.2) is 0 Å². The average Bonchev–Trinajstić information content (AvgIpc) is 2.86. The number of hydrogen-bond donors (Lipinski definition) is 1. The summed E-state index contributed by atoms with van der Waals surface area (Å²) in [5, 5.41) is 10.5. The van der Waals surface area contributed by atoms with Crippen molar-refractivity contribution in [1.82, 2.24) is 0 Å². The summed E-state index contributed by atoms with van der Waals surface area (Å²) in [5.41, 5.74) is 1.46. The van der Waals surface area contributed by atoms with Gasteiger partial charge in [0.25, 0.3) is 0 Å². The van der Waals surface area contributed by atoms with Crippen LogP contribution in [0.4, 0.5) is 0 Å². The lowest BCUT2D eigenvalue weighted by molar-refractivity contribution is -0.175. The fourth-order valence-corrected chi connectivity index (χ4v) is 4.83. The fraction of sp³-hybridized carbons (Fsp3) is 0.700. The first-order valence-corrected chi connectivity index (χ1v) is 9.15. The van der Waals surface area contributed by atoms with Crippen LogP contribution < -0.4 is 0 Å². The number of ether oxygens (including phenoxy) is 2. The minimum Gasteiger partial charge on any atom is -0.454 e. The van der Waals surface area contributed by atoms with Crippen LogP contribution in [0.5, 0.6) is 0 Å². The van der Waals surface area contributed by atoms with Crippen LogP contribution in [0.2, 0.25) is 0 Å². The lowest BCUT2D eigenvalue weighted by Gasteiger charge is -2.56. The van der Waals surface area contributed by atoms with E-state index in [9.17, 15) is 14.7 Å². The number of esters is 2. The molecular formula is C20H28O5. The van der Waals surface area contributed by atoms with Crippen LogP contribution in [-0.4, -0.2) is 35.4 Å². The molecule has 1 aliphatic heterocycles. The lowest BCUT2D eigenvalue weighted by atomic mass is 9.52. The fourth-order valence-electron chi connectivity index (χ4n) is 4.83. The Labute approximate surface area is 149 Å². The molecule has 1 heterocycles. The van der Waals surface area contributed by atoms with Crippen LogP contribution in [-0.2, 0) is 19.1 Å². The van der Waals surface area contributed by atoms with Gasteiger partial charge in [-0.2, -0.15) is 0 Å². The van der Waals surface area contributed by atoms with Gasteiger partial charge in [0.2, 0.25) is 0 Å². The van der Waals surface area contributed by atoms with Gasteiger partial charge in [-0.25, -0.2) is 9.59 Å². The first-order valence-electron chi connectivity index (χ1n) is 9.15. The van der Waals surface area contributed by atoms with E-state index in [1.165, 1.54) is 0 Å². The molecule has 3 rings (SSSR count). The van der Waals surface area contributed by atoms with Crippen molar-refractivity contribution in [1.29, 1.82) is 0 Å². The second kappa shape index (κ2) is 6.27. The van der Waals surface area contributed by atoms with E-state index in [1.54, 1.807) is 26.8 Å². The Bertz CT molecular complexity index is 661. The Morgan fingerprint density at radius 1 is 1.40 bits per heavy atom. The highest BCUT2D eigenvalue weighted by Gasteiger charge is 2.60. The zero-order valence-corrected chi connectivity index (χ0v) is 15.7. The smallest absolute Gasteiger partial charge is 0.334 e. The standard InChI is InChI=1S/C20H28O5/c1-6-10(2)18(22)25-17-16-11(3)19(23)24-15(16)9-13-7-8-14(21)12(4)20(13,17)5/h6,12-15,17,21H,7-9H2,1-5H3/b10-6-/t12-,13+,14-,15+,17+,20+/m0/s1. The number of rotatable bonds is 2. The van der Waals surface area contributed by atoms with E-state index < -0.39 is 17.6 Å². The number of carbonyl (C=O) groups excluding carboxylic acids is 2. The predicted molar refractivity (Wildman–Crippen MR) is 92.5 cm³/mol. The molecule has 0 radical (unpaired) electrons. The highest BCUT2D eigenvalue weighted by Crippen LogP contribution is 2.57. The van der Waals surface area contributed by atoms with Crippen LogP contribution in [0.1, 0.15) is 53.9 Å². The van der Waals surface area contributed by atoms with Crippen LogP contribution in [0.15, 0.2) is 22.8 Å². The van der Waals surface area contributed by atoms with Crippen LogP contribution in [0.25, 0.3) is 0 Å². The Kier molecular flexibility index (Phi) is 4.56. The number of fused-ring (bicyclic) bond motifs is 2. The topological polar surface area (TPSA) is 72.8 Å². The molecule has 2 aliphatic carbocycles. The molecule has 138 valence electrons. The molecule has 0 spiro atoms. The number of allylic oxidation sites excluding steroid dienone is 1. The molecule has 2 fully saturated rings. The number of hydrogen-bond acceptors (Lipinski definition) is 5. The van der Waals surface area contributed by atoms with Crippen LogP contribution in [0, 0.1) is 17.3 Å². The third kappa shape index (κ3) is 2.64. The maximum absolute atomic E-state index is 12.5.